The molecule has 0 radical (unpaired) electrons. The van der Waals surface area contributed by atoms with E-state index < -0.39 is 11.4 Å². The number of rotatable bonds is 6. The van der Waals surface area contributed by atoms with Crippen molar-refractivity contribution in [3.8, 4) is 0 Å². The van der Waals surface area contributed by atoms with Crippen LogP contribution in [0.4, 0.5) is 0 Å². The van der Waals surface area contributed by atoms with Gasteiger partial charge in [-0.2, -0.15) is 0 Å². The first-order valence-corrected chi connectivity index (χ1v) is 7.87. The third-order valence-electron chi connectivity index (χ3n) is 5.08. The van der Waals surface area contributed by atoms with Gasteiger partial charge in [0.1, 0.15) is 5.41 Å². The van der Waals surface area contributed by atoms with Gasteiger partial charge in [0, 0.05) is 25.6 Å². The summed E-state index contributed by atoms with van der Waals surface area (Å²) in [7, 11) is 1.52. The van der Waals surface area contributed by atoms with Crippen LogP contribution in [0.25, 0.3) is 0 Å². The Bertz CT molecular complexity index is 417. The first-order chi connectivity index (χ1) is 9.85. The Hall–Kier alpha value is -1.10. The number of amides is 1. The number of carboxylic acids is 1. The van der Waals surface area contributed by atoms with Crippen molar-refractivity contribution in [2.45, 2.75) is 46.0 Å². The number of nitrogens with zero attached hydrogens (tertiary/aromatic N) is 1. The molecule has 1 atom stereocenters. The van der Waals surface area contributed by atoms with Crippen LogP contribution < -0.4 is 0 Å². The molecule has 2 aliphatic rings. The summed E-state index contributed by atoms with van der Waals surface area (Å²) in [5.74, 6) is -0.201. The summed E-state index contributed by atoms with van der Waals surface area (Å²) in [4.78, 5) is 26.2. The Morgan fingerprint density at radius 1 is 1.24 bits per heavy atom. The lowest BCUT2D eigenvalue weighted by atomic mass is 9.63. The molecule has 0 aromatic heterocycles. The number of carbonyl (C=O) groups excluding carboxylic acids is 1. The molecule has 1 unspecified atom stereocenters. The van der Waals surface area contributed by atoms with Crippen molar-refractivity contribution in [3.05, 3.63) is 0 Å². The lowest BCUT2D eigenvalue weighted by Crippen LogP contribution is -2.49. The van der Waals surface area contributed by atoms with E-state index in [9.17, 15) is 14.7 Å². The van der Waals surface area contributed by atoms with Gasteiger partial charge in [-0.05, 0) is 31.6 Å². The number of hydrogen-bond acceptors (Lipinski definition) is 3. The third kappa shape index (κ3) is 2.93. The van der Waals surface area contributed by atoms with Crippen molar-refractivity contribution >= 4 is 11.9 Å². The first-order valence-electron chi connectivity index (χ1n) is 7.87. The lowest BCUT2D eigenvalue weighted by molar-refractivity contribution is -0.154. The number of hydrogen-bond donors (Lipinski definition) is 1. The molecule has 1 aliphatic heterocycles. The van der Waals surface area contributed by atoms with Crippen molar-refractivity contribution in [2.75, 3.05) is 26.8 Å². The minimum atomic E-state index is -0.923. The van der Waals surface area contributed by atoms with E-state index in [1.807, 2.05) is 0 Å². The summed E-state index contributed by atoms with van der Waals surface area (Å²) in [6.45, 7) is 5.28. The molecule has 0 aromatic carbocycles. The zero-order chi connectivity index (χ0) is 15.7. The van der Waals surface area contributed by atoms with Crippen LogP contribution in [0.1, 0.15) is 46.0 Å². The van der Waals surface area contributed by atoms with E-state index >= 15 is 0 Å². The number of carboxylic acid groups (broad SMARTS) is 1. The Labute approximate surface area is 126 Å². The summed E-state index contributed by atoms with van der Waals surface area (Å²) in [5.41, 5.74) is -1.15. The Morgan fingerprint density at radius 3 is 2.33 bits per heavy atom. The predicted octanol–water partition coefficient (Wildman–Crippen LogP) is 2.15. The normalized spacial score (nSPS) is 27.7. The van der Waals surface area contributed by atoms with Crippen molar-refractivity contribution in [1.29, 1.82) is 0 Å². The van der Waals surface area contributed by atoms with Crippen molar-refractivity contribution in [2.24, 2.45) is 16.7 Å². The standard InChI is InChI=1S/C16H27NO4/c1-12(2)9-15(5-4-6-15)13(18)17-8-7-16(10-17,11-21-3)14(19)20/h12H,4-11H2,1-3H3,(H,19,20). The summed E-state index contributed by atoms with van der Waals surface area (Å²) >= 11 is 0. The average molecular weight is 297 g/mol. The van der Waals surface area contributed by atoms with Gasteiger partial charge in [-0.3, -0.25) is 9.59 Å². The van der Waals surface area contributed by atoms with Gasteiger partial charge in [0.2, 0.25) is 5.91 Å². The third-order valence-corrected chi connectivity index (χ3v) is 5.08. The lowest BCUT2D eigenvalue weighted by Gasteiger charge is -2.44. The number of carbonyl (C=O) groups is 2. The first kappa shape index (κ1) is 16.3. The van der Waals surface area contributed by atoms with Crippen LogP contribution >= 0.6 is 0 Å². The van der Waals surface area contributed by atoms with Crippen LogP contribution in [0, 0.1) is 16.7 Å². The number of methoxy groups -OCH3 is 1. The van der Waals surface area contributed by atoms with Crippen LogP contribution in [-0.2, 0) is 14.3 Å². The SMILES string of the molecule is COCC1(C(=O)O)CCN(C(=O)C2(CC(C)C)CCC2)C1. The zero-order valence-electron chi connectivity index (χ0n) is 13.4. The Kier molecular flexibility index (Phi) is 4.61. The van der Waals surface area contributed by atoms with E-state index in [0.717, 1.165) is 25.7 Å². The maximum absolute atomic E-state index is 12.9. The molecule has 0 spiro atoms. The smallest absolute Gasteiger partial charge is 0.313 e. The van der Waals surface area contributed by atoms with Gasteiger partial charge in [0.05, 0.1) is 6.61 Å². The highest BCUT2D eigenvalue weighted by molar-refractivity contribution is 5.85. The summed E-state index contributed by atoms with van der Waals surface area (Å²) < 4.78 is 5.09. The highest BCUT2D eigenvalue weighted by atomic mass is 16.5. The summed E-state index contributed by atoms with van der Waals surface area (Å²) in [5, 5.41) is 9.50. The van der Waals surface area contributed by atoms with Crippen LogP contribution in [0.3, 0.4) is 0 Å². The van der Waals surface area contributed by atoms with Gasteiger partial charge in [0.25, 0.3) is 0 Å². The van der Waals surface area contributed by atoms with E-state index in [2.05, 4.69) is 13.8 Å². The van der Waals surface area contributed by atoms with E-state index in [0.29, 0.717) is 18.9 Å². The van der Waals surface area contributed by atoms with Gasteiger partial charge in [0.15, 0.2) is 0 Å². The second-order valence-corrected chi connectivity index (χ2v) is 7.23. The number of aliphatic carboxylic acids is 1. The molecule has 1 saturated heterocycles. The molecule has 2 fully saturated rings. The Morgan fingerprint density at radius 2 is 1.90 bits per heavy atom. The molecular weight excluding hydrogens is 270 g/mol. The molecule has 5 nitrogen and oxygen atoms in total. The molecule has 120 valence electrons. The quantitative estimate of drug-likeness (QED) is 0.816. The maximum Gasteiger partial charge on any atom is 0.313 e. The van der Waals surface area contributed by atoms with E-state index in [4.69, 9.17) is 4.74 Å². The highest BCUT2D eigenvalue weighted by Gasteiger charge is 2.52. The molecule has 0 aromatic rings. The Balaban J connectivity index is 2.09. The minimum absolute atomic E-state index is 0.168. The van der Waals surface area contributed by atoms with Crippen LogP contribution in [0.15, 0.2) is 0 Å². The molecular formula is C16H27NO4. The second-order valence-electron chi connectivity index (χ2n) is 7.23. The molecule has 2 rings (SSSR count). The average Bonchev–Trinajstić information content (AvgIpc) is 2.79. The second kappa shape index (κ2) is 5.95. The van der Waals surface area contributed by atoms with E-state index in [1.165, 1.54) is 7.11 Å². The molecule has 1 N–H and O–H groups in total. The highest BCUT2D eigenvalue weighted by Crippen LogP contribution is 2.48. The monoisotopic (exact) mass is 297 g/mol. The fraction of sp³-hybridized carbons (Fsp3) is 0.875. The van der Waals surface area contributed by atoms with Crippen molar-refractivity contribution in [3.63, 3.8) is 0 Å². The molecule has 5 heteroatoms. The van der Waals surface area contributed by atoms with Crippen molar-refractivity contribution < 1.29 is 19.4 Å². The van der Waals surface area contributed by atoms with Gasteiger partial charge in [-0.1, -0.05) is 20.3 Å². The molecule has 1 aliphatic carbocycles. The number of likely N-dealkylation sites (tertiary alicyclic amines) is 1. The van der Waals surface area contributed by atoms with E-state index in [1.54, 1.807) is 4.90 Å². The molecule has 21 heavy (non-hydrogen) atoms. The van der Waals surface area contributed by atoms with E-state index in [-0.39, 0.29) is 24.5 Å². The van der Waals surface area contributed by atoms with Gasteiger partial charge in [-0.25, -0.2) is 0 Å². The van der Waals surface area contributed by atoms with Gasteiger partial charge >= 0.3 is 5.97 Å². The van der Waals surface area contributed by atoms with Gasteiger partial charge in [-0.15, -0.1) is 0 Å². The number of ether oxygens (including phenoxy) is 1. The molecule has 0 bridgehead atoms. The van der Waals surface area contributed by atoms with Crippen LogP contribution in [-0.4, -0.2) is 48.7 Å². The topological polar surface area (TPSA) is 66.8 Å². The molecule has 1 heterocycles. The predicted molar refractivity (Wildman–Crippen MR) is 78.9 cm³/mol. The summed E-state index contributed by atoms with van der Waals surface area (Å²) in [6, 6.07) is 0. The minimum Gasteiger partial charge on any atom is -0.481 e. The van der Waals surface area contributed by atoms with Crippen LogP contribution in [0.5, 0.6) is 0 Å². The largest absolute Gasteiger partial charge is 0.481 e. The zero-order valence-corrected chi connectivity index (χ0v) is 13.4. The van der Waals surface area contributed by atoms with Crippen LogP contribution in [0.2, 0.25) is 0 Å². The summed E-state index contributed by atoms with van der Waals surface area (Å²) in [6.07, 6.45) is 4.40. The maximum atomic E-state index is 12.9. The van der Waals surface area contributed by atoms with Crippen molar-refractivity contribution in [1.82, 2.24) is 4.90 Å². The fourth-order valence-corrected chi connectivity index (χ4v) is 3.90. The fourth-order valence-electron chi connectivity index (χ4n) is 3.90. The molecule has 1 amide bonds. The van der Waals surface area contributed by atoms with Gasteiger partial charge < -0.3 is 14.7 Å². The molecule has 1 saturated carbocycles.